The zero-order valence-electron chi connectivity index (χ0n) is 11.2. The zero-order valence-corrected chi connectivity index (χ0v) is 11.2. The Morgan fingerprint density at radius 3 is 2.61 bits per heavy atom. The van der Waals surface area contributed by atoms with Crippen LogP contribution in [-0.4, -0.2) is 19.2 Å². The van der Waals surface area contributed by atoms with Gasteiger partial charge in [0.15, 0.2) is 6.10 Å². The maximum Gasteiger partial charge on any atom is 0.346 e. The first-order valence-electron chi connectivity index (χ1n) is 6.06. The fourth-order valence-corrected chi connectivity index (χ4v) is 1.48. The predicted molar refractivity (Wildman–Crippen MR) is 71.1 cm³/mol. The van der Waals surface area contributed by atoms with Crippen molar-refractivity contribution in [3.8, 4) is 0 Å². The number of methoxy groups -OCH3 is 1. The van der Waals surface area contributed by atoms with Crippen LogP contribution in [0.3, 0.4) is 0 Å². The molecule has 0 radical (unpaired) electrons. The Morgan fingerprint density at radius 1 is 1.33 bits per heavy atom. The Bertz CT molecular complexity index is 395. The van der Waals surface area contributed by atoms with Crippen LogP contribution in [0.15, 0.2) is 42.2 Å². The van der Waals surface area contributed by atoms with Crippen molar-refractivity contribution in [1.29, 1.82) is 0 Å². The topological polar surface area (TPSA) is 35.5 Å². The SMILES string of the molecule is COC(=O)[C@H](C)OC=C(C)CCc1ccccc1. The summed E-state index contributed by atoms with van der Waals surface area (Å²) in [6.07, 6.45) is 2.98. The minimum absolute atomic E-state index is 0.359. The van der Waals surface area contributed by atoms with Crippen LogP contribution in [0.5, 0.6) is 0 Å². The molecule has 3 heteroatoms. The lowest BCUT2D eigenvalue weighted by molar-refractivity contribution is -0.149. The number of hydrogen-bond acceptors (Lipinski definition) is 3. The Kier molecular flexibility index (Phi) is 5.98. The van der Waals surface area contributed by atoms with Crippen molar-refractivity contribution < 1.29 is 14.3 Å². The second-order valence-corrected chi connectivity index (χ2v) is 4.25. The maximum atomic E-state index is 11.1. The minimum Gasteiger partial charge on any atom is -0.487 e. The van der Waals surface area contributed by atoms with Crippen LogP contribution in [0.25, 0.3) is 0 Å². The summed E-state index contributed by atoms with van der Waals surface area (Å²) < 4.78 is 9.89. The van der Waals surface area contributed by atoms with Gasteiger partial charge in [0.2, 0.25) is 0 Å². The summed E-state index contributed by atoms with van der Waals surface area (Å²) in [5.41, 5.74) is 2.40. The molecule has 0 unspecified atom stereocenters. The van der Waals surface area contributed by atoms with Gasteiger partial charge >= 0.3 is 5.97 Å². The Balaban J connectivity index is 2.36. The minimum atomic E-state index is -0.554. The third kappa shape index (κ3) is 5.04. The van der Waals surface area contributed by atoms with Gasteiger partial charge in [0.05, 0.1) is 13.4 Å². The molecule has 98 valence electrons. The average molecular weight is 248 g/mol. The van der Waals surface area contributed by atoms with Gasteiger partial charge in [-0.25, -0.2) is 4.79 Å². The molecule has 0 N–H and O–H groups in total. The lowest BCUT2D eigenvalue weighted by atomic mass is 10.1. The summed E-state index contributed by atoms with van der Waals surface area (Å²) in [6, 6.07) is 10.3. The molecular weight excluding hydrogens is 228 g/mol. The van der Waals surface area contributed by atoms with Gasteiger partial charge in [-0.3, -0.25) is 0 Å². The maximum absolute atomic E-state index is 11.1. The number of esters is 1. The first-order valence-corrected chi connectivity index (χ1v) is 6.06. The van der Waals surface area contributed by atoms with Crippen LogP contribution in [0.2, 0.25) is 0 Å². The van der Waals surface area contributed by atoms with E-state index in [9.17, 15) is 4.79 Å². The van der Waals surface area contributed by atoms with Crippen molar-refractivity contribution in [1.82, 2.24) is 0 Å². The van der Waals surface area contributed by atoms with Crippen LogP contribution in [-0.2, 0) is 20.7 Å². The highest BCUT2D eigenvalue weighted by atomic mass is 16.6. The third-order valence-corrected chi connectivity index (χ3v) is 2.66. The largest absolute Gasteiger partial charge is 0.487 e. The molecular formula is C15H20O3. The summed E-state index contributed by atoms with van der Waals surface area (Å²) in [5, 5.41) is 0. The number of ether oxygens (including phenoxy) is 2. The van der Waals surface area contributed by atoms with Crippen LogP contribution in [0.4, 0.5) is 0 Å². The Hall–Kier alpha value is -1.77. The van der Waals surface area contributed by atoms with Gasteiger partial charge in [-0.2, -0.15) is 0 Å². The van der Waals surface area contributed by atoms with E-state index >= 15 is 0 Å². The van der Waals surface area contributed by atoms with Crippen LogP contribution >= 0.6 is 0 Å². The highest BCUT2D eigenvalue weighted by molar-refractivity contribution is 5.74. The molecule has 1 atom stereocenters. The zero-order chi connectivity index (χ0) is 13.4. The lowest BCUT2D eigenvalue weighted by Gasteiger charge is -2.09. The molecule has 0 fully saturated rings. The van der Waals surface area contributed by atoms with Crippen LogP contribution in [0.1, 0.15) is 25.8 Å². The van der Waals surface area contributed by atoms with Gasteiger partial charge in [-0.15, -0.1) is 0 Å². The molecule has 0 saturated carbocycles. The molecule has 0 heterocycles. The highest BCUT2D eigenvalue weighted by Gasteiger charge is 2.12. The van der Waals surface area contributed by atoms with Crippen molar-refractivity contribution in [2.24, 2.45) is 0 Å². The van der Waals surface area contributed by atoms with E-state index in [-0.39, 0.29) is 5.97 Å². The third-order valence-electron chi connectivity index (χ3n) is 2.66. The Labute approximate surface area is 108 Å². The Morgan fingerprint density at radius 2 is 2.00 bits per heavy atom. The highest BCUT2D eigenvalue weighted by Crippen LogP contribution is 2.09. The first kappa shape index (κ1) is 14.3. The van der Waals surface area contributed by atoms with Gasteiger partial charge in [-0.05, 0) is 37.8 Å². The van der Waals surface area contributed by atoms with E-state index in [1.165, 1.54) is 12.7 Å². The number of benzene rings is 1. The molecule has 0 aliphatic rings. The average Bonchev–Trinajstić information content (AvgIpc) is 2.42. The molecule has 3 nitrogen and oxygen atoms in total. The quantitative estimate of drug-likeness (QED) is 0.573. The van der Waals surface area contributed by atoms with Crippen LogP contribution in [0, 0.1) is 0 Å². The number of hydrogen-bond donors (Lipinski definition) is 0. The number of rotatable bonds is 6. The molecule has 0 spiro atoms. The van der Waals surface area contributed by atoms with E-state index in [0.29, 0.717) is 0 Å². The molecule has 0 amide bonds. The van der Waals surface area contributed by atoms with Crippen LogP contribution < -0.4 is 0 Å². The molecule has 1 rings (SSSR count). The van der Waals surface area contributed by atoms with Crippen molar-refractivity contribution in [3.63, 3.8) is 0 Å². The molecule has 0 saturated heterocycles. The van der Waals surface area contributed by atoms with E-state index in [2.05, 4.69) is 16.9 Å². The summed E-state index contributed by atoms with van der Waals surface area (Å²) in [6.45, 7) is 3.67. The molecule has 1 aromatic carbocycles. The molecule has 1 aromatic rings. The van der Waals surface area contributed by atoms with Gasteiger partial charge in [0.25, 0.3) is 0 Å². The fourth-order valence-electron chi connectivity index (χ4n) is 1.48. The number of allylic oxidation sites excluding steroid dienone is 1. The van der Waals surface area contributed by atoms with Crippen molar-refractivity contribution >= 4 is 5.97 Å². The van der Waals surface area contributed by atoms with Gasteiger partial charge in [-0.1, -0.05) is 30.3 Å². The van der Waals surface area contributed by atoms with E-state index in [0.717, 1.165) is 18.4 Å². The molecule has 0 aliphatic heterocycles. The van der Waals surface area contributed by atoms with E-state index in [1.807, 2.05) is 25.1 Å². The monoisotopic (exact) mass is 248 g/mol. The normalized spacial score (nSPS) is 12.9. The summed E-state index contributed by atoms with van der Waals surface area (Å²) in [5.74, 6) is -0.359. The van der Waals surface area contributed by atoms with Crippen molar-refractivity contribution in [3.05, 3.63) is 47.7 Å². The summed E-state index contributed by atoms with van der Waals surface area (Å²) in [7, 11) is 1.36. The van der Waals surface area contributed by atoms with E-state index in [1.54, 1.807) is 13.2 Å². The smallest absolute Gasteiger partial charge is 0.346 e. The van der Waals surface area contributed by atoms with Crippen molar-refractivity contribution in [2.45, 2.75) is 32.8 Å². The van der Waals surface area contributed by atoms with E-state index < -0.39 is 6.10 Å². The molecule has 0 bridgehead atoms. The summed E-state index contributed by atoms with van der Waals surface area (Å²) in [4.78, 5) is 11.1. The first-order chi connectivity index (χ1) is 8.63. The number of carbonyl (C=O) groups excluding carboxylic acids is 1. The standard InChI is InChI=1S/C15H20O3/c1-12(11-18-13(2)15(16)17-3)9-10-14-7-5-4-6-8-14/h4-8,11,13H,9-10H2,1-3H3/t13-/m0/s1. The summed E-state index contributed by atoms with van der Waals surface area (Å²) >= 11 is 0. The van der Waals surface area contributed by atoms with Gasteiger partial charge in [0, 0.05) is 0 Å². The van der Waals surface area contributed by atoms with E-state index in [4.69, 9.17) is 4.74 Å². The second-order valence-electron chi connectivity index (χ2n) is 4.25. The molecule has 0 aromatic heterocycles. The predicted octanol–water partition coefficient (Wildman–Crippen LogP) is 3.10. The second kappa shape index (κ2) is 7.54. The van der Waals surface area contributed by atoms with Gasteiger partial charge < -0.3 is 9.47 Å². The number of carbonyl (C=O) groups is 1. The van der Waals surface area contributed by atoms with Crippen molar-refractivity contribution in [2.75, 3.05) is 7.11 Å². The molecule has 18 heavy (non-hydrogen) atoms. The number of aryl methyl sites for hydroxylation is 1. The fraction of sp³-hybridized carbons (Fsp3) is 0.400. The lowest BCUT2D eigenvalue weighted by Crippen LogP contribution is -2.19. The van der Waals surface area contributed by atoms with Gasteiger partial charge in [0.1, 0.15) is 0 Å². The molecule has 0 aliphatic carbocycles.